The van der Waals surface area contributed by atoms with Crippen molar-refractivity contribution in [3.8, 4) is 0 Å². The van der Waals surface area contributed by atoms with Gasteiger partial charge >= 0.3 is 0 Å². The van der Waals surface area contributed by atoms with Crippen LogP contribution in [0.4, 0.5) is 5.13 Å². The molecule has 2 rings (SSSR count). The molecule has 2 heterocycles. The molecular weight excluding hydrogens is 302 g/mol. The lowest BCUT2D eigenvalue weighted by Gasteiger charge is -2.33. The Bertz CT molecular complexity index is 600. The van der Waals surface area contributed by atoms with Gasteiger partial charge in [0.25, 0.3) is 10.0 Å². The van der Waals surface area contributed by atoms with Crippen molar-refractivity contribution in [2.24, 2.45) is 11.7 Å². The van der Waals surface area contributed by atoms with Gasteiger partial charge in [0.15, 0.2) is 0 Å². The minimum Gasteiger partial charge on any atom is -0.327 e. The third-order valence-electron chi connectivity index (χ3n) is 3.18. The lowest BCUT2D eigenvalue weighted by molar-refractivity contribution is -0.114. The molecule has 3 N–H and O–H groups in total. The normalized spacial score (nSPS) is 24.6. The monoisotopic (exact) mass is 319 g/mol. The number of sulfonamides is 1. The summed E-state index contributed by atoms with van der Waals surface area (Å²) in [6, 6.07) is 0.0193. The average molecular weight is 319 g/mol. The maximum atomic E-state index is 12.4. The third-order valence-corrected chi connectivity index (χ3v) is 6.23. The van der Waals surface area contributed by atoms with Crippen LogP contribution in [0.25, 0.3) is 0 Å². The second kappa shape index (κ2) is 5.72. The maximum Gasteiger partial charge on any atom is 0.272 e. The molecule has 1 aliphatic heterocycles. The number of aromatic nitrogens is 2. The van der Waals surface area contributed by atoms with E-state index in [9.17, 15) is 13.2 Å². The fourth-order valence-corrected chi connectivity index (χ4v) is 4.61. The number of amides is 1. The molecule has 20 heavy (non-hydrogen) atoms. The van der Waals surface area contributed by atoms with E-state index in [1.54, 1.807) is 0 Å². The third kappa shape index (κ3) is 3.14. The van der Waals surface area contributed by atoms with Crippen molar-refractivity contribution < 1.29 is 13.2 Å². The zero-order chi connectivity index (χ0) is 14.9. The van der Waals surface area contributed by atoms with E-state index in [2.05, 4.69) is 15.5 Å². The molecule has 2 atom stereocenters. The van der Waals surface area contributed by atoms with Crippen molar-refractivity contribution in [1.82, 2.24) is 14.5 Å². The number of piperidine rings is 1. The van der Waals surface area contributed by atoms with Gasteiger partial charge in [-0.3, -0.25) is 4.79 Å². The lowest BCUT2D eigenvalue weighted by atomic mass is 9.96. The highest BCUT2D eigenvalue weighted by Gasteiger charge is 2.34. The van der Waals surface area contributed by atoms with E-state index in [4.69, 9.17) is 5.73 Å². The lowest BCUT2D eigenvalue weighted by Crippen LogP contribution is -2.48. The fraction of sp³-hybridized carbons (Fsp3) is 0.700. The molecule has 0 aromatic carbocycles. The van der Waals surface area contributed by atoms with Crippen molar-refractivity contribution >= 4 is 32.4 Å². The first kappa shape index (κ1) is 15.3. The highest BCUT2D eigenvalue weighted by Crippen LogP contribution is 2.26. The van der Waals surface area contributed by atoms with Crippen LogP contribution in [0.5, 0.6) is 0 Å². The van der Waals surface area contributed by atoms with E-state index in [1.165, 1.54) is 11.2 Å². The number of rotatable bonds is 3. The first-order chi connectivity index (χ1) is 9.30. The molecular formula is C10H17N5O3S2. The smallest absolute Gasteiger partial charge is 0.272 e. The molecule has 1 saturated heterocycles. The van der Waals surface area contributed by atoms with Gasteiger partial charge in [0.2, 0.25) is 15.4 Å². The van der Waals surface area contributed by atoms with Crippen molar-refractivity contribution in [3.05, 3.63) is 0 Å². The number of hydrogen-bond acceptors (Lipinski definition) is 7. The van der Waals surface area contributed by atoms with Crippen LogP contribution in [-0.2, 0) is 14.8 Å². The Morgan fingerprint density at radius 1 is 1.50 bits per heavy atom. The summed E-state index contributed by atoms with van der Waals surface area (Å²) in [5, 5.41) is 9.91. The molecule has 1 aromatic heterocycles. The quantitative estimate of drug-likeness (QED) is 0.748. The van der Waals surface area contributed by atoms with E-state index in [1.807, 2.05) is 6.92 Å². The number of nitrogens with zero attached hydrogens (tertiary/aromatic N) is 3. The predicted molar refractivity (Wildman–Crippen MR) is 74.7 cm³/mol. The Kier molecular flexibility index (Phi) is 4.37. The van der Waals surface area contributed by atoms with Crippen LogP contribution < -0.4 is 11.1 Å². The van der Waals surface area contributed by atoms with E-state index in [-0.39, 0.29) is 27.3 Å². The van der Waals surface area contributed by atoms with Gasteiger partial charge in [-0.15, -0.1) is 10.2 Å². The molecule has 2 unspecified atom stereocenters. The maximum absolute atomic E-state index is 12.4. The SMILES string of the molecule is CC(=O)Nc1nnc(S(=O)(=O)N2CCC(N)C(C)C2)s1. The molecule has 0 bridgehead atoms. The Balaban J connectivity index is 2.18. The summed E-state index contributed by atoms with van der Waals surface area (Å²) in [5.41, 5.74) is 5.89. The first-order valence-corrected chi connectivity index (χ1v) is 8.43. The van der Waals surface area contributed by atoms with Crippen LogP contribution in [0.1, 0.15) is 20.3 Å². The van der Waals surface area contributed by atoms with Gasteiger partial charge in [-0.1, -0.05) is 18.3 Å². The Hall–Kier alpha value is -1.10. The van der Waals surface area contributed by atoms with Gasteiger partial charge in [-0.05, 0) is 12.3 Å². The van der Waals surface area contributed by atoms with Crippen molar-refractivity contribution in [1.29, 1.82) is 0 Å². The number of anilines is 1. The molecule has 112 valence electrons. The van der Waals surface area contributed by atoms with Crippen LogP contribution in [0, 0.1) is 5.92 Å². The molecule has 8 nitrogen and oxygen atoms in total. The van der Waals surface area contributed by atoms with Gasteiger partial charge in [-0.25, -0.2) is 8.42 Å². The molecule has 0 aliphatic carbocycles. The Labute approximate surface area is 121 Å². The second-order valence-corrected chi connectivity index (χ2v) is 7.94. The minimum absolute atomic E-state index is 0.0193. The van der Waals surface area contributed by atoms with Crippen LogP contribution in [-0.4, -0.2) is 48.0 Å². The molecule has 1 aliphatic rings. The van der Waals surface area contributed by atoms with Crippen molar-refractivity contribution in [2.45, 2.75) is 30.6 Å². The average Bonchev–Trinajstić information content (AvgIpc) is 2.80. The summed E-state index contributed by atoms with van der Waals surface area (Å²) < 4.78 is 26.1. The van der Waals surface area contributed by atoms with Crippen molar-refractivity contribution in [2.75, 3.05) is 18.4 Å². The predicted octanol–water partition coefficient (Wildman–Crippen LogP) is -0.146. The summed E-state index contributed by atoms with van der Waals surface area (Å²) in [7, 11) is -3.66. The second-order valence-electron chi connectivity index (χ2n) is 4.85. The summed E-state index contributed by atoms with van der Waals surface area (Å²) in [6.07, 6.45) is 0.623. The molecule has 0 radical (unpaired) electrons. The topological polar surface area (TPSA) is 118 Å². The van der Waals surface area contributed by atoms with E-state index in [0.717, 1.165) is 11.3 Å². The molecule has 1 aromatic rings. The molecule has 0 saturated carbocycles. The number of nitrogens with two attached hydrogens (primary N) is 1. The summed E-state index contributed by atoms with van der Waals surface area (Å²) in [5.74, 6) is -0.219. The fourth-order valence-electron chi connectivity index (χ4n) is 1.97. The van der Waals surface area contributed by atoms with Crippen LogP contribution in [0.2, 0.25) is 0 Å². The number of carbonyl (C=O) groups excluding carboxylic acids is 1. The Morgan fingerprint density at radius 2 is 2.20 bits per heavy atom. The van der Waals surface area contributed by atoms with Crippen molar-refractivity contribution in [3.63, 3.8) is 0 Å². The first-order valence-electron chi connectivity index (χ1n) is 6.17. The molecule has 10 heteroatoms. The van der Waals surface area contributed by atoms with Crippen LogP contribution in [0.15, 0.2) is 4.34 Å². The van der Waals surface area contributed by atoms with Gasteiger partial charge in [0.05, 0.1) is 0 Å². The van der Waals surface area contributed by atoms with E-state index < -0.39 is 10.0 Å². The molecule has 1 amide bonds. The zero-order valence-electron chi connectivity index (χ0n) is 11.2. The summed E-state index contributed by atoms with van der Waals surface area (Å²) in [4.78, 5) is 10.9. The van der Waals surface area contributed by atoms with E-state index >= 15 is 0 Å². The van der Waals surface area contributed by atoms with Crippen LogP contribution >= 0.6 is 11.3 Å². The highest BCUT2D eigenvalue weighted by atomic mass is 32.2. The summed E-state index contributed by atoms with van der Waals surface area (Å²) >= 11 is 0.849. The largest absolute Gasteiger partial charge is 0.327 e. The number of nitrogens with one attached hydrogen (secondary N) is 1. The Morgan fingerprint density at radius 3 is 2.80 bits per heavy atom. The zero-order valence-corrected chi connectivity index (χ0v) is 12.9. The number of hydrogen-bond donors (Lipinski definition) is 2. The summed E-state index contributed by atoms with van der Waals surface area (Å²) in [6.45, 7) is 4.00. The highest BCUT2D eigenvalue weighted by molar-refractivity contribution is 7.91. The van der Waals surface area contributed by atoms with Gasteiger partial charge in [0.1, 0.15) is 0 Å². The minimum atomic E-state index is -3.66. The van der Waals surface area contributed by atoms with Crippen LogP contribution in [0.3, 0.4) is 0 Å². The van der Waals surface area contributed by atoms with Gasteiger partial charge in [0, 0.05) is 26.1 Å². The van der Waals surface area contributed by atoms with E-state index in [0.29, 0.717) is 19.5 Å². The molecule has 0 spiro atoms. The standard InChI is InChI=1S/C10H17N5O3S2/c1-6-5-15(4-3-8(6)11)20(17,18)10-14-13-9(19-10)12-7(2)16/h6,8H,3-5,11H2,1-2H3,(H,12,13,16). The molecule has 1 fully saturated rings. The van der Waals surface area contributed by atoms with Gasteiger partial charge < -0.3 is 11.1 Å². The number of carbonyl (C=O) groups is 1. The van der Waals surface area contributed by atoms with Gasteiger partial charge in [-0.2, -0.15) is 4.31 Å².